The predicted molar refractivity (Wildman–Crippen MR) is 134 cm³/mol. The van der Waals surface area contributed by atoms with Gasteiger partial charge in [-0.2, -0.15) is 39.5 Å². The van der Waals surface area contributed by atoms with Crippen LogP contribution in [0.25, 0.3) is 0 Å². The van der Waals surface area contributed by atoms with Gasteiger partial charge in [0, 0.05) is 19.5 Å². The lowest BCUT2D eigenvalue weighted by molar-refractivity contribution is -0.396. The first-order valence-electron chi connectivity index (χ1n) is 13.4. The molecule has 0 aliphatic rings. The molecule has 222 valence electrons. The van der Waals surface area contributed by atoms with Crippen molar-refractivity contribution in [2.45, 2.75) is 140 Å². The molecule has 0 saturated heterocycles. The maximum Gasteiger partial charge on any atom is 0.460 e. The number of halogens is 9. The van der Waals surface area contributed by atoms with E-state index in [1.807, 2.05) is 0 Å². The van der Waals surface area contributed by atoms with E-state index >= 15 is 0 Å². The lowest BCUT2D eigenvalue weighted by atomic mass is 10.0. The van der Waals surface area contributed by atoms with Crippen molar-refractivity contribution in [3.05, 3.63) is 0 Å². The highest BCUT2D eigenvalue weighted by Crippen LogP contribution is 2.53. The van der Waals surface area contributed by atoms with E-state index in [2.05, 4.69) is 17.6 Å². The molecule has 0 spiro atoms. The smallest absolute Gasteiger partial charge is 0.363 e. The maximum atomic E-state index is 13.5. The fraction of sp³-hybridized carbons (Fsp3) is 0.960. The Balaban J connectivity index is 3.74. The van der Waals surface area contributed by atoms with Crippen LogP contribution < -0.4 is 10.6 Å². The van der Waals surface area contributed by atoms with Gasteiger partial charge in [-0.15, -0.1) is 0 Å². The molecule has 0 unspecified atom stereocenters. The standard InChI is InChI=1S/C25H43F9N2S/c1-2-3-4-5-6-7-8-9-10-11-12-13-14-15-16-17-19-35-21(37)36-20-18-22(26,27)23(28,29)24(30,31)25(32,33)34/h2-20H2,1H3,(H2,35,36,37). The lowest BCUT2D eigenvalue weighted by Gasteiger charge is -2.33. The molecule has 0 aliphatic heterocycles. The molecule has 0 aromatic carbocycles. The summed E-state index contributed by atoms with van der Waals surface area (Å²) in [4.78, 5) is 0. The molecule has 37 heavy (non-hydrogen) atoms. The molecule has 0 rings (SSSR count). The number of unbranched alkanes of at least 4 members (excludes halogenated alkanes) is 15. The molecule has 0 aromatic rings. The van der Waals surface area contributed by atoms with Crippen LogP contribution in [0.4, 0.5) is 39.5 Å². The van der Waals surface area contributed by atoms with Crippen LogP contribution >= 0.6 is 12.2 Å². The summed E-state index contributed by atoms with van der Waals surface area (Å²) in [5.74, 6) is -19.1. The van der Waals surface area contributed by atoms with Crippen LogP contribution in [0.5, 0.6) is 0 Å². The van der Waals surface area contributed by atoms with E-state index in [-0.39, 0.29) is 5.11 Å². The third kappa shape index (κ3) is 14.1. The van der Waals surface area contributed by atoms with Gasteiger partial charge in [-0.3, -0.25) is 0 Å². The van der Waals surface area contributed by atoms with Gasteiger partial charge in [0.1, 0.15) is 0 Å². The fourth-order valence-corrected chi connectivity index (χ4v) is 4.04. The van der Waals surface area contributed by atoms with Gasteiger partial charge in [0.25, 0.3) is 0 Å². The minimum atomic E-state index is -6.87. The summed E-state index contributed by atoms with van der Waals surface area (Å²) >= 11 is 4.80. The van der Waals surface area contributed by atoms with Gasteiger partial charge in [-0.05, 0) is 18.6 Å². The average Bonchev–Trinajstić information content (AvgIpc) is 2.80. The Morgan fingerprint density at radius 2 is 0.865 bits per heavy atom. The molecule has 0 atom stereocenters. The van der Waals surface area contributed by atoms with Gasteiger partial charge in [-0.1, -0.05) is 103 Å². The Labute approximate surface area is 220 Å². The Morgan fingerprint density at radius 1 is 0.514 bits per heavy atom. The highest BCUT2D eigenvalue weighted by molar-refractivity contribution is 7.80. The van der Waals surface area contributed by atoms with Crippen molar-refractivity contribution >= 4 is 17.3 Å². The van der Waals surface area contributed by atoms with Gasteiger partial charge in [0.05, 0.1) is 0 Å². The molecular formula is C25H43F9N2S. The zero-order valence-corrected chi connectivity index (χ0v) is 22.6. The first-order valence-corrected chi connectivity index (χ1v) is 13.8. The molecule has 0 aliphatic carbocycles. The van der Waals surface area contributed by atoms with Gasteiger partial charge < -0.3 is 10.6 Å². The molecule has 0 amide bonds. The van der Waals surface area contributed by atoms with Crippen LogP contribution in [0.15, 0.2) is 0 Å². The monoisotopic (exact) mass is 574 g/mol. The van der Waals surface area contributed by atoms with E-state index in [0.717, 1.165) is 32.1 Å². The molecule has 0 heterocycles. The Morgan fingerprint density at radius 3 is 1.24 bits per heavy atom. The number of rotatable bonds is 22. The quantitative estimate of drug-likeness (QED) is 0.0765. The minimum Gasteiger partial charge on any atom is -0.363 e. The van der Waals surface area contributed by atoms with E-state index < -0.39 is 36.9 Å². The summed E-state index contributed by atoms with van der Waals surface area (Å²) in [6.45, 7) is 1.61. The predicted octanol–water partition coefficient (Wildman–Crippen LogP) is 9.57. The van der Waals surface area contributed by atoms with Crippen molar-refractivity contribution in [1.29, 1.82) is 0 Å². The second-order valence-corrected chi connectivity index (χ2v) is 10.00. The Kier molecular flexibility index (Phi) is 17.9. The first-order chi connectivity index (χ1) is 17.2. The largest absolute Gasteiger partial charge is 0.460 e. The molecule has 2 nitrogen and oxygen atoms in total. The van der Waals surface area contributed by atoms with Crippen molar-refractivity contribution in [3.8, 4) is 0 Å². The summed E-state index contributed by atoms with van der Waals surface area (Å²) in [5, 5.41) is 4.64. The number of thiocarbonyl (C=S) groups is 1. The molecule has 0 aromatic heterocycles. The SMILES string of the molecule is CCCCCCCCCCCCCCCCCCNC(=S)NCCC(F)(F)C(F)(F)C(F)(F)C(F)(F)F. The number of alkyl halides is 9. The van der Waals surface area contributed by atoms with E-state index in [1.165, 1.54) is 70.6 Å². The minimum absolute atomic E-state index is 0.164. The summed E-state index contributed by atoms with van der Waals surface area (Å²) < 4.78 is 115. The Bertz CT molecular complexity index is 599. The molecule has 0 bridgehead atoms. The van der Waals surface area contributed by atoms with E-state index in [0.29, 0.717) is 6.54 Å². The Hall–Kier alpha value is -0.940. The van der Waals surface area contributed by atoms with Crippen molar-refractivity contribution in [2.24, 2.45) is 0 Å². The summed E-state index contributed by atoms with van der Waals surface area (Å²) in [7, 11) is 0. The van der Waals surface area contributed by atoms with Crippen molar-refractivity contribution in [2.75, 3.05) is 13.1 Å². The summed E-state index contributed by atoms with van der Waals surface area (Å²) in [5.41, 5.74) is 0. The van der Waals surface area contributed by atoms with Crippen LogP contribution in [0.1, 0.15) is 116 Å². The third-order valence-electron chi connectivity index (χ3n) is 6.25. The number of hydrogen-bond acceptors (Lipinski definition) is 1. The highest BCUT2D eigenvalue weighted by Gasteiger charge is 2.81. The third-order valence-corrected chi connectivity index (χ3v) is 6.54. The van der Waals surface area contributed by atoms with Gasteiger partial charge in [0.2, 0.25) is 0 Å². The van der Waals surface area contributed by atoms with Crippen LogP contribution in [0.2, 0.25) is 0 Å². The van der Waals surface area contributed by atoms with E-state index in [1.54, 1.807) is 0 Å². The molecule has 0 saturated carbocycles. The zero-order valence-electron chi connectivity index (χ0n) is 21.7. The highest BCUT2D eigenvalue weighted by atomic mass is 32.1. The topological polar surface area (TPSA) is 24.1 Å². The summed E-state index contributed by atoms with van der Waals surface area (Å²) in [6.07, 6.45) is 10.5. The van der Waals surface area contributed by atoms with Gasteiger partial charge in [0.15, 0.2) is 5.11 Å². The molecule has 2 N–H and O–H groups in total. The number of nitrogens with one attached hydrogen (secondary N) is 2. The first kappa shape index (κ1) is 36.1. The lowest BCUT2D eigenvalue weighted by Crippen LogP contribution is -2.61. The zero-order chi connectivity index (χ0) is 28.4. The van der Waals surface area contributed by atoms with Gasteiger partial charge in [-0.25, -0.2) is 0 Å². The average molecular weight is 575 g/mol. The van der Waals surface area contributed by atoms with Crippen LogP contribution in [-0.2, 0) is 0 Å². The number of hydrogen-bond donors (Lipinski definition) is 2. The molecule has 0 fully saturated rings. The van der Waals surface area contributed by atoms with E-state index in [4.69, 9.17) is 12.2 Å². The van der Waals surface area contributed by atoms with Crippen molar-refractivity contribution < 1.29 is 39.5 Å². The van der Waals surface area contributed by atoms with Crippen LogP contribution in [-0.4, -0.2) is 42.1 Å². The van der Waals surface area contributed by atoms with E-state index in [9.17, 15) is 39.5 Å². The molecular weight excluding hydrogens is 531 g/mol. The summed E-state index contributed by atoms with van der Waals surface area (Å²) in [6, 6.07) is 0. The second kappa shape index (κ2) is 18.4. The normalized spacial score (nSPS) is 13.1. The van der Waals surface area contributed by atoms with Gasteiger partial charge >= 0.3 is 23.9 Å². The van der Waals surface area contributed by atoms with Crippen molar-refractivity contribution in [1.82, 2.24) is 10.6 Å². The molecule has 0 radical (unpaired) electrons. The maximum absolute atomic E-state index is 13.5. The molecule has 12 heteroatoms. The van der Waals surface area contributed by atoms with Crippen molar-refractivity contribution in [3.63, 3.8) is 0 Å². The second-order valence-electron chi connectivity index (χ2n) is 9.59. The van der Waals surface area contributed by atoms with Crippen LogP contribution in [0.3, 0.4) is 0 Å². The fourth-order valence-electron chi connectivity index (χ4n) is 3.84. The van der Waals surface area contributed by atoms with Crippen LogP contribution in [0, 0.1) is 0 Å².